The monoisotopic (exact) mass is 378 g/mol. The van der Waals surface area contributed by atoms with E-state index in [1.165, 1.54) is 0 Å². The predicted octanol–water partition coefficient (Wildman–Crippen LogP) is 3.76. The highest BCUT2D eigenvalue weighted by molar-refractivity contribution is 14.1. The van der Waals surface area contributed by atoms with Crippen LogP contribution in [0.2, 0.25) is 0 Å². The number of hydrogen-bond donors (Lipinski definition) is 1. The number of hydrogen-bond acceptors (Lipinski definition) is 3. The zero-order chi connectivity index (χ0) is 14.1. The number of carboxylic acid groups (broad SMARTS) is 1. The van der Waals surface area contributed by atoms with Gasteiger partial charge in [-0.05, 0) is 24.3 Å². The summed E-state index contributed by atoms with van der Waals surface area (Å²) in [6, 6.07) is 17.3. The van der Waals surface area contributed by atoms with E-state index in [-0.39, 0.29) is 9.76 Å². The summed E-state index contributed by atoms with van der Waals surface area (Å²) < 4.78 is -0.345. The molecule has 3 rings (SSSR count). The summed E-state index contributed by atoms with van der Waals surface area (Å²) in [6.07, 6.45) is 0. The third kappa shape index (κ3) is 2.18. The summed E-state index contributed by atoms with van der Waals surface area (Å²) in [5.41, 5.74) is 2.70. The molecule has 1 N–H and O–H groups in total. The van der Waals surface area contributed by atoms with Crippen molar-refractivity contribution in [2.75, 3.05) is 4.90 Å². The average molecular weight is 378 g/mol. The molecule has 0 saturated heterocycles. The maximum Gasteiger partial charge on any atom is 0.353 e. The van der Waals surface area contributed by atoms with Crippen LogP contribution in [-0.4, -0.2) is 20.8 Å². The fourth-order valence-electron chi connectivity index (χ4n) is 2.20. The van der Waals surface area contributed by atoms with Crippen LogP contribution in [0.15, 0.2) is 59.6 Å². The Hall–Kier alpha value is -1.89. The average Bonchev–Trinajstić information content (AvgIpc) is 2.47. The standard InChI is InChI=1S/C15H11IN2O2/c16-14-13(15(19)20)17-11-8-4-5-9-12(11)18(14)10-6-2-1-3-7-10/h1-9,14H,(H,19,20). The molecule has 0 saturated carbocycles. The van der Waals surface area contributed by atoms with Gasteiger partial charge in [-0.25, -0.2) is 9.79 Å². The van der Waals surface area contributed by atoms with E-state index >= 15 is 0 Å². The highest BCUT2D eigenvalue weighted by Crippen LogP contribution is 2.41. The Labute approximate surface area is 129 Å². The van der Waals surface area contributed by atoms with Crippen molar-refractivity contribution in [2.24, 2.45) is 4.99 Å². The second-order valence-electron chi connectivity index (χ2n) is 4.33. The van der Waals surface area contributed by atoms with E-state index < -0.39 is 5.97 Å². The van der Waals surface area contributed by atoms with E-state index in [1.54, 1.807) is 0 Å². The number of alkyl halides is 1. The van der Waals surface area contributed by atoms with Crippen LogP contribution in [0.3, 0.4) is 0 Å². The number of halogens is 1. The first kappa shape index (κ1) is 13.1. The van der Waals surface area contributed by atoms with Crippen LogP contribution >= 0.6 is 22.6 Å². The molecular formula is C15H11IN2O2. The number of carbonyl (C=O) groups is 1. The first-order chi connectivity index (χ1) is 9.68. The van der Waals surface area contributed by atoms with Gasteiger partial charge in [0.15, 0.2) is 5.71 Å². The highest BCUT2D eigenvalue weighted by atomic mass is 127. The van der Waals surface area contributed by atoms with Crippen molar-refractivity contribution >= 4 is 51.3 Å². The first-order valence-corrected chi connectivity index (χ1v) is 7.32. The molecular weight excluding hydrogens is 367 g/mol. The van der Waals surface area contributed by atoms with Crippen LogP contribution in [0.25, 0.3) is 0 Å². The van der Waals surface area contributed by atoms with Gasteiger partial charge < -0.3 is 10.0 Å². The fourth-order valence-corrected chi connectivity index (χ4v) is 3.23. The molecule has 20 heavy (non-hydrogen) atoms. The van der Waals surface area contributed by atoms with Crippen molar-refractivity contribution in [1.29, 1.82) is 0 Å². The van der Waals surface area contributed by atoms with E-state index in [0.717, 1.165) is 11.4 Å². The lowest BCUT2D eigenvalue weighted by molar-refractivity contribution is -0.129. The van der Waals surface area contributed by atoms with Crippen molar-refractivity contribution in [3.05, 3.63) is 54.6 Å². The number of nitrogens with zero attached hydrogens (tertiary/aromatic N) is 2. The molecule has 0 bridgehead atoms. The van der Waals surface area contributed by atoms with Gasteiger partial charge in [-0.15, -0.1) is 0 Å². The van der Waals surface area contributed by atoms with Crippen LogP contribution in [-0.2, 0) is 4.79 Å². The van der Waals surface area contributed by atoms with E-state index in [4.69, 9.17) is 0 Å². The minimum atomic E-state index is -0.986. The number of aliphatic carboxylic acids is 1. The predicted molar refractivity (Wildman–Crippen MR) is 87.6 cm³/mol. The Kier molecular flexibility index (Phi) is 3.43. The first-order valence-electron chi connectivity index (χ1n) is 6.08. The van der Waals surface area contributed by atoms with Gasteiger partial charge in [0.1, 0.15) is 4.05 Å². The maximum absolute atomic E-state index is 11.4. The van der Waals surface area contributed by atoms with Crippen molar-refractivity contribution in [3.8, 4) is 0 Å². The Balaban J connectivity index is 2.19. The summed E-state index contributed by atoms with van der Waals surface area (Å²) in [6.45, 7) is 0. The summed E-state index contributed by atoms with van der Waals surface area (Å²) in [7, 11) is 0. The molecule has 0 aliphatic carbocycles. The van der Waals surface area contributed by atoms with Gasteiger partial charge >= 0.3 is 5.97 Å². The largest absolute Gasteiger partial charge is 0.477 e. The smallest absolute Gasteiger partial charge is 0.353 e. The molecule has 5 heteroatoms. The number of aliphatic imine (C=N–C) groups is 1. The van der Waals surface area contributed by atoms with E-state index in [9.17, 15) is 9.90 Å². The van der Waals surface area contributed by atoms with Gasteiger partial charge in [0.05, 0.1) is 11.4 Å². The Bertz CT molecular complexity index is 685. The summed E-state index contributed by atoms with van der Waals surface area (Å²) in [5.74, 6) is -0.986. The van der Waals surface area contributed by atoms with Crippen molar-refractivity contribution in [3.63, 3.8) is 0 Å². The summed E-state index contributed by atoms with van der Waals surface area (Å²) in [5, 5.41) is 9.34. The Morgan fingerprint density at radius 1 is 1.10 bits per heavy atom. The maximum atomic E-state index is 11.4. The SMILES string of the molecule is O=C(O)C1=Nc2ccccc2N(c2ccccc2)C1I. The van der Waals surface area contributed by atoms with Gasteiger partial charge in [-0.1, -0.05) is 52.9 Å². The molecule has 0 spiro atoms. The summed E-state index contributed by atoms with van der Waals surface area (Å²) >= 11 is 2.11. The van der Waals surface area contributed by atoms with Gasteiger partial charge in [-0.3, -0.25) is 0 Å². The van der Waals surface area contributed by atoms with Crippen LogP contribution < -0.4 is 4.90 Å². The number of rotatable bonds is 2. The number of benzene rings is 2. The summed E-state index contributed by atoms with van der Waals surface area (Å²) in [4.78, 5) is 17.7. The molecule has 2 aromatic rings. The third-order valence-electron chi connectivity index (χ3n) is 3.09. The van der Waals surface area contributed by atoms with Crippen molar-refractivity contribution < 1.29 is 9.90 Å². The van der Waals surface area contributed by atoms with Gasteiger partial charge in [0, 0.05) is 5.69 Å². The minimum absolute atomic E-state index is 0.146. The third-order valence-corrected chi connectivity index (χ3v) is 4.23. The van der Waals surface area contributed by atoms with Crippen molar-refractivity contribution in [1.82, 2.24) is 0 Å². The Morgan fingerprint density at radius 2 is 1.75 bits per heavy atom. The fraction of sp³-hybridized carbons (Fsp3) is 0.0667. The van der Waals surface area contributed by atoms with Crippen LogP contribution in [0.1, 0.15) is 0 Å². The molecule has 0 amide bonds. The lowest BCUT2D eigenvalue weighted by Crippen LogP contribution is -2.39. The molecule has 1 heterocycles. The van der Waals surface area contributed by atoms with Gasteiger partial charge in [0.25, 0.3) is 0 Å². The minimum Gasteiger partial charge on any atom is -0.477 e. The molecule has 0 radical (unpaired) electrons. The van der Waals surface area contributed by atoms with E-state index in [2.05, 4.69) is 27.6 Å². The molecule has 1 unspecified atom stereocenters. The number of carboxylic acids is 1. The zero-order valence-electron chi connectivity index (χ0n) is 10.4. The Morgan fingerprint density at radius 3 is 2.45 bits per heavy atom. The topological polar surface area (TPSA) is 52.9 Å². The molecule has 100 valence electrons. The van der Waals surface area contributed by atoms with Crippen LogP contribution in [0.5, 0.6) is 0 Å². The van der Waals surface area contributed by atoms with Crippen LogP contribution in [0, 0.1) is 0 Å². The molecule has 1 atom stereocenters. The molecule has 0 fully saturated rings. The molecule has 0 aromatic heterocycles. The zero-order valence-corrected chi connectivity index (χ0v) is 12.6. The number of anilines is 2. The highest BCUT2D eigenvalue weighted by Gasteiger charge is 2.32. The van der Waals surface area contributed by atoms with E-state index in [0.29, 0.717) is 5.69 Å². The second-order valence-corrected chi connectivity index (χ2v) is 5.51. The number of para-hydroxylation sites is 3. The molecule has 1 aliphatic heterocycles. The lowest BCUT2D eigenvalue weighted by atomic mass is 10.1. The molecule has 1 aliphatic rings. The van der Waals surface area contributed by atoms with Gasteiger partial charge in [0.2, 0.25) is 0 Å². The lowest BCUT2D eigenvalue weighted by Gasteiger charge is -2.33. The quantitative estimate of drug-likeness (QED) is 0.492. The molecule has 4 nitrogen and oxygen atoms in total. The normalized spacial score (nSPS) is 17.4. The van der Waals surface area contributed by atoms with Gasteiger partial charge in [-0.2, -0.15) is 0 Å². The number of fused-ring (bicyclic) bond motifs is 1. The van der Waals surface area contributed by atoms with Crippen molar-refractivity contribution in [2.45, 2.75) is 4.05 Å². The van der Waals surface area contributed by atoms with E-state index in [1.807, 2.05) is 59.5 Å². The second kappa shape index (κ2) is 5.24. The van der Waals surface area contributed by atoms with Crippen LogP contribution in [0.4, 0.5) is 17.1 Å². The molecule has 2 aromatic carbocycles.